The van der Waals surface area contributed by atoms with Crippen LogP contribution in [0.5, 0.6) is 5.75 Å². The number of aromatic amines is 1. The number of amides is 2. The average Bonchev–Trinajstić information content (AvgIpc) is 2.80. The van der Waals surface area contributed by atoms with Gasteiger partial charge >= 0.3 is 0 Å². The molecule has 178 valence electrons. The lowest BCUT2D eigenvalue weighted by Crippen LogP contribution is -2.25. The highest BCUT2D eigenvalue weighted by molar-refractivity contribution is 8.00. The highest BCUT2D eigenvalue weighted by atomic mass is 32.2. The van der Waals surface area contributed by atoms with E-state index in [1.165, 1.54) is 6.92 Å². The van der Waals surface area contributed by atoms with E-state index in [9.17, 15) is 14.4 Å². The number of ether oxygens (including phenoxy) is 1. The van der Waals surface area contributed by atoms with Gasteiger partial charge in [0, 0.05) is 18.2 Å². The number of anilines is 2. The molecule has 2 aromatic carbocycles. The summed E-state index contributed by atoms with van der Waals surface area (Å²) in [5.41, 5.74) is 2.12. The first-order valence-corrected chi connectivity index (χ1v) is 11.7. The van der Waals surface area contributed by atoms with Crippen LogP contribution in [0.15, 0.2) is 52.4 Å². The second-order valence-electron chi connectivity index (χ2n) is 7.50. The van der Waals surface area contributed by atoms with Crippen molar-refractivity contribution in [1.29, 1.82) is 0 Å². The number of hydrogen-bond donors (Lipinski definition) is 3. The Morgan fingerprint density at radius 3 is 2.44 bits per heavy atom. The van der Waals surface area contributed by atoms with Crippen LogP contribution >= 0.6 is 11.8 Å². The van der Waals surface area contributed by atoms with Gasteiger partial charge in [-0.15, -0.1) is 10.2 Å². The predicted octanol–water partition coefficient (Wildman–Crippen LogP) is 4.01. The number of nitrogens with one attached hydrogen (secondary N) is 3. The lowest BCUT2D eigenvalue weighted by Gasteiger charge is -2.14. The molecule has 3 aromatic rings. The Labute approximate surface area is 201 Å². The zero-order chi connectivity index (χ0) is 24.7. The van der Waals surface area contributed by atoms with E-state index in [1.807, 2.05) is 26.8 Å². The van der Waals surface area contributed by atoms with E-state index in [4.69, 9.17) is 4.74 Å². The van der Waals surface area contributed by atoms with Crippen LogP contribution in [0.4, 0.5) is 11.4 Å². The molecule has 0 saturated carbocycles. The number of hydrogen-bond acceptors (Lipinski definition) is 7. The zero-order valence-corrected chi connectivity index (χ0v) is 20.3. The first kappa shape index (κ1) is 25.0. The molecule has 10 heteroatoms. The maximum absolute atomic E-state index is 12.8. The molecule has 0 aliphatic carbocycles. The van der Waals surface area contributed by atoms with Crippen LogP contribution in [0.25, 0.3) is 11.3 Å². The molecule has 0 aliphatic heterocycles. The van der Waals surface area contributed by atoms with Crippen molar-refractivity contribution < 1.29 is 14.3 Å². The van der Waals surface area contributed by atoms with Gasteiger partial charge in [-0.1, -0.05) is 30.3 Å². The summed E-state index contributed by atoms with van der Waals surface area (Å²) in [7, 11) is 0. The van der Waals surface area contributed by atoms with Gasteiger partial charge in [-0.3, -0.25) is 19.4 Å². The predicted molar refractivity (Wildman–Crippen MR) is 133 cm³/mol. The van der Waals surface area contributed by atoms with Crippen LogP contribution in [0.2, 0.25) is 0 Å². The second kappa shape index (κ2) is 11.5. The van der Waals surface area contributed by atoms with E-state index in [1.54, 1.807) is 36.4 Å². The second-order valence-corrected chi connectivity index (χ2v) is 8.69. The minimum atomic E-state index is -0.490. The number of aromatic nitrogens is 3. The van der Waals surface area contributed by atoms with Gasteiger partial charge in [0.2, 0.25) is 11.8 Å². The van der Waals surface area contributed by atoms with E-state index in [2.05, 4.69) is 25.8 Å². The SMILES string of the molecule is CCOc1ccc(NC(=O)[C@H](CC)Sc2nnc(-c3cc(C)ccc3NC(C)=O)c(=O)[nH]2)cc1. The van der Waals surface area contributed by atoms with Crippen LogP contribution in [0.1, 0.15) is 32.8 Å². The Bertz CT molecular complexity index is 1230. The third-order valence-electron chi connectivity index (χ3n) is 4.77. The number of thioether (sulfide) groups is 1. The number of carbonyl (C=O) groups is 2. The van der Waals surface area contributed by atoms with E-state index >= 15 is 0 Å². The van der Waals surface area contributed by atoms with Crippen molar-refractivity contribution in [1.82, 2.24) is 15.2 Å². The number of benzene rings is 2. The minimum Gasteiger partial charge on any atom is -0.494 e. The van der Waals surface area contributed by atoms with Crippen LogP contribution < -0.4 is 20.9 Å². The van der Waals surface area contributed by atoms with Gasteiger partial charge in [-0.05, 0) is 56.7 Å². The summed E-state index contributed by atoms with van der Waals surface area (Å²) < 4.78 is 5.41. The lowest BCUT2D eigenvalue weighted by molar-refractivity contribution is -0.116. The molecule has 9 nitrogen and oxygen atoms in total. The van der Waals surface area contributed by atoms with Crippen molar-refractivity contribution in [3.05, 3.63) is 58.4 Å². The van der Waals surface area contributed by atoms with Crippen LogP contribution in [0, 0.1) is 6.92 Å². The molecule has 0 aliphatic rings. The minimum absolute atomic E-state index is 0.0867. The maximum atomic E-state index is 12.8. The van der Waals surface area contributed by atoms with Crippen molar-refractivity contribution in [2.75, 3.05) is 17.2 Å². The van der Waals surface area contributed by atoms with Gasteiger partial charge in [-0.2, -0.15) is 0 Å². The topological polar surface area (TPSA) is 126 Å². The first-order valence-electron chi connectivity index (χ1n) is 10.9. The number of H-pyrrole nitrogens is 1. The quantitative estimate of drug-likeness (QED) is 0.394. The Balaban J connectivity index is 1.76. The highest BCUT2D eigenvalue weighted by Gasteiger charge is 2.21. The largest absolute Gasteiger partial charge is 0.494 e. The standard InChI is InChI=1S/C24H27N5O4S/c1-5-20(22(31)26-16-8-10-17(11-9-16)33-6-2)34-24-27-23(32)21(28-29-24)18-13-14(3)7-12-19(18)25-15(4)30/h7-13,20H,5-6H2,1-4H3,(H,25,30)(H,26,31)(H,27,29,32)/t20-/m0/s1. The van der Waals surface area contributed by atoms with E-state index in [0.29, 0.717) is 30.0 Å². The smallest absolute Gasteiger partial charge is 0.278 e. The van der Waals surface area contributed by atoms with Crippen LogP contribution in [-0.2, 0) is 9.59 Å². The molecule has 0 unspecified atom stereocenters. The molecule has 34 heavy (non-hydrogen) atoms. The third kappa shape index (κ3) is 6.44. The summed E-state index contributed by atoms with van der Waals surface area (Å²) in [4.78, 5) is 39.8. The molecule has 1 aromatic heterocycles. The van der Waals surface area contributed by atoms with E-state index in [0.717, 1.165) is 23.1 Å². The molecular formula is C24H27N5O4S. The van der Waals surface area contributed by atoms with Gasteiger partial charge in [0.15, 0.2) is 10.9 Å². The van der Waals surface area contributed by atoms with Crippen molar-refractivity contribution in [3.8, 4) is 17.0 Å². The fourth-order valence-corrected chi connectivity index (χ4v) is 4.03. The maximum Gasteiger partial charge on any atom is 0.278 e. The Kier molecular flexibility index (Phi) is 8.42. The molecule has 3 N–H and O–H groups in total. The van der Waals surface area contributed by atoms with Crippen molar-refractivity contribution in [2.45, 2.75) is 44.5 Å². The van der Waals surface area contributed by atoms with Crippen molar-refractivity contribution >= 4 is 35.0 Å². The summed E-state index contributed by atoms with van der Waals surface area (Å²) >= 11 is 1.13. The summed E-state index contributed by atoms with van der Waals surface area (Å²) in [5, 5.41) is 13.5. The molecule has 0 spiro atoms. The van der Waals surface area contributed by atoms with Crippen molar-refractivity contribution in [3.63, 3.8) is 0 Å². The molecule has 0 bridgehead atoms. The summed E-state index contributed by atoms with van der Waals surface area (Å²) in [5.74, 6) is 0.256. The molecule has 0 fully saturated rings. The van der Waals surface area contributed by atoms with Gasteiger partial charge in [0.1, 0.15) is 5.75 Å². The molecule has 3 rings (SSSR count). The number of rotatable bonds is 9. The fourth-order valence-electron chi connectivity index (χ4n) is 3.18. The Morgan fingerprint density at radius 2 is 1.82 bits per heavy atom. The van der Waals surface area contributed by atoms with Gasteiger partial charge in [0.05, 0.1) is 17.5 Å². The monoisotopic (exact) mass is 481 g/mol. The molecule has 0 radical (unpaired) electrons. The van der Waals surface area contributed by atoms with Gasteiger partial charge in [-0.25, -0.2) is 0 Å². The Hall–Kier alpha value is -3.66. The molecule has 1 heterocycles. The number of carbonyl (C=O) groups excluding carboxylic acids is 2. The fraction of sp³-hybridized carbons (Fsp3) is 0.292. The molecule has 2 amide bonds. The summed E-state index contributed by atoms with van der Waals surface area (Å²) in [6.45, 7) is 7.62. The Morgan fingerprint density at radius 1 is 1.09 bits per heavy atom. The summed E-state index contributed by atoms with van der Waals surface area (Å²) in [6, 6.07) is 12.4. The van der Waals surface area contributed by atoms with Crippen LogP contribution in [-0.4, -0.2) is 38.9 Å². The average molecular weight is 482 g/mol. The molecule has 1 atom stereocenters. The lowest BCUT2D eigenvalue weighted by atomic mass is 10.1. The highest BCUT2D eigenvalue weighted by Crippen LogP contribution is 2.27. The zero-order valence-electron chi connectivity index (χ0n) is 19.5. The van der Waals surface area contributed by atoms with Crippen LogP contribution in [0.3, 0.4) is 0 Å². The first-order chi connectivity index (χ1) is 16.3. The van der Waals surface area contributed by atoms with Gasteiger partial charge in [0.25, 0.3) is 5.56 Å². The number of aryl methyl sites for hydroxylation is 1. The van der Waals surface area contributed by atoms with E-state index < -0.39 is 10.8 Å². The molecule has 0 saturated heterocycles. The van der Waals surface area contributed by atoms with Gasteiger partial charge < -0.3 is 15.4 Å². The normalized spacial score (nSPS) is 11.5. The third-order valence-corrected chi connectivity index (χ3v) is 6.01. The van der Waals surface area contributed by atoms with Crippen molar-refractivity contribution in [2.24, 2.45) is 0 Å². The summed E-state index contributed by atoms with van der Waals surface area (Å²) in [6.07, 6.45) is 0.517. The number of nitrogens with zero attached hydrogens (tertiary/aromatic N) is 2. The van der Waals surface area contributed by atoms with E-state index in [-0.39, 0.29) is 22.7 Å². The molecular weight excluding hydrogens is 454 g/mol.